The third-order valence-corrected chi connectivity index (χ3v) is 4.36. The summed E-state index contributed by atoms with van der Waals surface area (Å²) in [5, 5.41) is 2.80. The Morgan fingerprint density at radius 2 is 1.96 bits per heavy atom. The van der Waals surface area contributed by atoms with E-state index in [9.17, 15) is 9.59 Å². The number of rotatable bonds is 7. The van der Waals surface area contributed by atoms with Crippen LogP contribution < -0.4 is 14.8 Å². The van der Waals surface area contributed by atoms with E-state index in [-0.39, 0.29) is 12.5 Å². The van der Waals surface area contributed by atoms with E-state index in [0.29, 0.717) is 28.1 Å². The van der Waals surface area contributed by atoms with E-state index in [2.05, 4.69) is 37.2 Å². The maximum Gasteiger partial charge on any atom is 0.262 e. The van der Waals surface area contributed by atoms with Crippen molar-refractivity contribution in [2.75, 3.05) is 18.5 Å². The fourth-order valence-corrected chi connectivity index (χ4v) is 3.20. The van der Waals surface area contributed by atoms with Gasteiger partial charge >= 0.3 is 0 Å². The Labute approximate surface area is 163 Å². The Balaban J connectivity index is 2.09. The zero-order valence-corrected chi connectivity index (χ0v) is 16.9. The van der Waals surface area contributed by atoms with Crippen molar-refractivity contribution in [3.63, 3.8) is 0 Å². The second kappa shape index (κ2) is 9.01. The van der Waals surface area contributed by atoms with Crippen LogP contribution >= 0.6 is 31.9 Å². The number of aryl methyl sites for hydroxylation is 1. The fourth-order valence-electron chi connectivity index (χ4n) is 2.15. The molecule has 0 unspecified atom stereocenters. The van der Waals surface area contributed by atoms with Gasteiger partial charge in [-0.2, -0.15) is 0 Å². The van der Waals surface area contributed by atoms with Crippen molar-refractivity contribution in [1.29, 1.82) is 0 Å². The summed E-state index contributed by atoms with van der Waals surface area (Å²) >= 11 is 6.73. The SMILES string of the molecule is CCOc1cc(C=O)cc(Br)c1OCC(=O)Nc1ccc(Br)cc1C. The first-order chi connectivity index (χ1) is 11.9. The molecule has 0 aliphatic rings. The standard InChI is InChI=1S/C18H17Br2NO4/c1-3-24-16-8-12(9-22)7-14(20)18(16)25-10-17(23)21-15-5-4-13(19)6-11(15)2/h4-9H,3,10H2,1-2H3,(H,21,23). The van der Waals surface area contributed by atoms with Crippen molar-refractivity contribution in [2.24, 2.45) is 0 Å². The summed E-state index contributed by atoms with van der Waals surface area (Å²) in [6.07, 6.45) is 0.722. The van der Waals surface area contributed by atoms with Gasteiger partial charge in [-0.15, -0.1) is 0 Å². The van der Waals surface area contributed by atoms with Crippen molar-refractivity contribution < 1.29 is 19.1 Å². The van der Waals surface area contributed by atoms with Crippen LogP contribution in [0.15, 0.2) is 39.3 Å². The van der Waals surface area contributed by atoms with Crippen molar-refractivity contribution >= 4 is 49.7 Å². The molecule has 2 aromatic carbocycles. The Bertz CT molecular complexity index is 793. The second-order valence-electron chi connectivity index (χ2n) is 5.18. The molecule has 0 fully saturated rings. The molecule has 25 heavy (non-hydrogen) atoms. The molecule has 0 aromatic heterocycles. The lowest BCUT2D eigenvalue weighted by molar-refractivity contribution is -0.118. The van der Waals surface area contributed by atoms with Crippen LogP contribution in [-0.2, 0) is 4.79 Å². The molecule has 0 bridgehead atoms. The van der Waals surface area contributed by atoms with Gasteiger partial charge in [-0.05, 0) is 65.7 Å². The van der Waals surface area contributed by atoms with Crippen molar-refractivity contribution in [1.82, 2.24) is 0 Å². The van der Waals surface area contributed by atoms with Crippen LogP contribution in [0.5, 0.6) is 11.5 Å². The van der Waals surface area contributed by atoms with E-state index >= 15 is 0 Å². The van der Waals surface area contributed by atoms with Gasteiger partial charge in [0, 0.05) is 15.7 Å². The quantitative estimate of drug-likeness (QED) is 0.593. The topological polar surface area (TPSA) is 64.6 Å². The summed E-state index contributed by atoms with van der Waals surface area (Å²) in [5.41, 5.74) is 2.11. The molecule has 0 saturated carbocycles. The molecule has 2 rings (SSSR count). The first kappa shape index (κ1) is 19.5. The van der Waals surface area contributed by atoms with Gasteiger partial charge in [-0.1, -0.05) is 15.9 Å². The molecular formula is C18H17Br2NO4. The molecule has 0 aliphatic heterocycles. The Morgan fingerprint density at radius 1 is 1.20 bits per heavy atom. The van der Waals surface area contributed by atoms with Crippen LogP contribution in [0.25, 0.3) is 0 Å². The highest BCUT2D eigenvalue weighted by Gasteiger charge is 2.14. The number of hydrogen-bond acceptors (Lipinski definition) is 4. The molecule has 7 heteroatoms. The number of anilines is 1. The number of amides is 1. The normalized spacial score (nSPS) is 10.2. The molecule has 0 heterocycles. The molecule has 132 valence electrons. The summed E-state index contributed by atoms with van der Waals surface area (Å²) in [6, 6.07) is 8.77. The van der Waals surface area contributed by atoms with Gasteiger partial charge in [0.15, 0.2) is 18.1 Å². The number of nitrogens with one attached hydrogen (secondary N) is 1. The number of carbonyl (C=O) groups is 2. The smallest absolute Gasteiger partial charge is 0.262 e. The molecule has 0 atom stereocenters. The van der Waals surface area contributed by atoms with Gasteiger partial charge in [0.1, 0.15) is 6.29 Å². The van der Waals surface area contributed by atoms with E-state index < -0.39 is 0 Å². The summed E-state index contributed by atoms with van der Waals surface area (Å²) < 4.78 is 12.6. The third-order valence-electron chi connectivity index (χ3n) is 3.28. The average Bonchev–Trinajstić information content (AvgIpc) is 2.56. The minimum absolute atomic E-state index is 0.186. The molecule has 1 amide bonds. The highest BCUT2D eigenvalue weighted by Crippen LogP contribution is 2.36. The van der Waals surface area contributed by atoms with Crippen molar-refractivity contribution in [3.05, 3.63) is 50.4 Å². The molecule has 0 spiro atoms. The largest absolute Gasteiger partial charge is 0.490 e. The zero-order chi connectivity index (χ0) is 18.4. The lowest BCUT2D eigenvalue weighted by Crippen LogP contribution is -2.21. The Hall–Kier alpha value is -1.86. The molecular weight excluding hydrogens is 454 g/mol. The highest BCUT2D eigenvalue weighted by atomic mass is 79.9. The number of halogens is 2. The van der Waals surface area contributed by atoms with Gasteiger partial charge in [0.25, 0.3) is 5.91 Å². The number of ether oxygens (including phenoxy) is 2. The van der Waals surface area contributed by atoms with Crippen LogP contribution in [0.3, 0.4) is 0 Å². The molecule has 2 aromatic rings. The maximum absolute atomic E-state index is 12.2. The van der Waals surface area contributed by atoms with Gasteiger partial charge < -0.3 is 14.8 Å². The van der Waals surface area contributed by atoms with Gasteiger partial charge in [0.05, 0.1) is 11.1 Å². The molecule has 1 N–H and O–H groups in total. The number of aldehydes is 1. The monoisotopic (exact) mass is 469 g/mol. The first-order valence-corrected chi connectivity index (χ1v) is 9.13. The second-order valence-corrected chi connectivity index (χ2v) is 6.95. The zero-order valence-electron chi connectivity index (χ0n) is 13.8. The minimum Gasteiger partial charge on any atom is -0.490 e. The number of carbonyl (C=O) groups excluding carboxylic acids is 2. The molecule has 0 saturated heterocycles. The minimum atomic E-state index is -0.292. The van der Waals surface area contributed by atoms with Crippen LogP contribution in [0, 0.1) is 6.92 Å². The van der Waals surface area contributed by atoms with Gasteiger partial charge in [0.2, 0.25) is 0 Å². The van der Waals surface area contributed by atoms with Crippen molar-refractivity contribution in [3.8, 4) is 11.5 Å². The van der Waals surface area contributed by atoms with Crippen LogP contribution in [0.4, 0.5) is 5.69 Å². The number of benzene rings is 2. The highest BCUT2D eigenvalue weighted by molar-refractivity contribution is 9.10. The molecule has 0 radical (unpaired) electrons. The van der Waals surface area contributed by atoms with E-state index in [1.54, 1.807) is 12.1 Å². The van der Waals surface area contributed by atoms with Crippen molar-refractivity contribution in [2.45, 2.75) is 13.8 Å². The van der Waals surface area contributed by atoms with Crippen LogP contribution in [0.2, 0.25) is 0 Å². The summed E-state index contributed by atoms with van der Waals surface area (Å²) in [7, 11) is 0. The van der Waals surface area contributed by atoms with E-state index in [1.165, 1.54) is 0 Å². The van der Waals surface area contributed by atoms with E-state index in [4.69, 9.17) is 9.47 Å². The summed E-state index contributed by atoms with van der Waals surface area (Å²) in [6.45, 7) is 3.96. The van der Waals surface area contributed by atoms with Crippen LogP contribution in [0.1, 0.15) is 22.8 Å². The summed E-state index contributed by atoms with van der Waals surface area (Å²) in [4.78, 5) is 23.1. The lowest BCUT2D eigenvalue weighted by Gasteiger charge is -2.14. The maximum atomic E-state index is 12.2. The fraction of sp³-hybridized carbons (Fsp3) is 0.222. The van der Waals surface area contributed by atoms with E-state index in [1.807, 2.05) is 32.0 Å². The van der Waals surface area contributed by atoms with Gasteiger partial charge in [-0.3, -0.25) is 9.59 Å². The Morgan fingerprint density at radius 3 is 2.60 bits per heavy atom. The lowest BCUT2D eigenvalue weighted by atomic mass is 10.2. The van der Waals surface area contributed by atoms with Crippen LogP contribution in [-0.4, -0.2) is 25.4 Å². The third kappa shape index (κ3) is 5.31. The Kier molecular flexibility index (Phi) is 7.01. The van der Waals surface area contributed by atoms with Gasteiger partial charge in [-0.25, -0.2) is 0 Å². The predicted molar refractivity (Wildman–Crippen MR) is 104 cm³/mol. The summed E-state index contributed by atoms with van der Waals surface area (Å²) in [5.74, 6) is 0.501. The molecule has 0 aliphatic carbocycles. The predicted octanol–water partition coefficient (Wildman–Crippen LogP) is 4.75. The first-order valence-electron chi connectivity index (χ1n) is 7.55. The number of hydrogen-bond donors (Lipinski definition) is 1. The average molecular weight is 471 g/mol. The van der Waals surface area contributed by atoms with E-state index in [0.717, 1.165) is 22.0 Å². The molecule has 5 nitrogen and oxygen atoms in total.